The van der Waals surface area contributed by atoms with Gasteiger partial charge in [-0.1, -0.05) is 148 Å². The van der Waals surface area contributed by atoms with E-state index in [-0.39, 0.29) is 56.8 Å². The van der Waals surface area contributed by atoms with Gasteiger partial charge >= 0.3 is 12.4 Å². The van der Waals surface area contributed by atoms with E-state index < -0.39 is 309 Å². The van der Waals surface area contributed by atoms with Crippen LogP contribution in [0.1, 0.15) is 158 Å². The van der Waals surface area contributed by atoms with Gasteiger partial charge in [0, 0.05) is 103 Å². The van der Waals surface area contributed by atoms with E-state index in [1.165, 1.54) is 36.4 Å². The molecular formula is C73H78F8N8O4S2. The number of alkyl halides is 6. The number of fused-ring (bicyclic) bond motifs is 2. The van der Waals surface area contributed by atoms with E-state index in [9.17, 15) is 57.7 Å². The van der Waals surface area contributed by atoms with Crippen molar-refractivity contribution in [3.8, 4) is 22.3 Å². The second-order valence-corrected chi connectivity index (χ2v) is 21.0. The van der Waals surface area contributed by atoms with Gasteiger partial charge in [-0.3, -0.25) is 19.2 Å². The quantitative estimate of drug-likeness (QED) is 0.0295. The number of benzene rings is 6. The molecule has 0 N–H and O–H groups in total. The van der Waals surface area contributed by atoms with Crippen LogP contribution in [-0.2, 0) is 85.0 Å². The van der Waals surface area contributed by atoms with Gasteiger partial charge < -0.3 is 28.7 Å². The third kappa shape index (κ3) is 19.0. The number of carbonyl (C=O) groups excluding carboxylic acids is 2. The van der Waals surface area contributed by atoms with E-state index in [4.69, 9.17) is 48.0 Å². The molecule has 2 aliphatic carbocycles. The molecular weight excluding hydrogens is 1270 g/mol. The van der Waals surface area contributed by atoms with Crippen LogP contribution in [-0.4, -0.2) is 102 Å². The van der Waals surface area contributed by atoms with Gasteiger partial charge in [-0.05, 0) is 164 Å². The highest BCUT2D eigenvalue weighted by molar-refractivity contribution is 7.98. The summed E-state index contributed by atoms with van der Waals surface area (Å²) in [6.45, 7) is -37.1. The Kier molecular flexibility index (Phi) is 12.0. The molecule has 2 aromatic heterocycles. The zero-order valence-corrected chi connectivity index (χ0v) is 51.6. The number of nitrogens with zero attached hydrogens (tertiary/aromatic N) is 8. The van der Waals surface area contributed by atoms with Crippen molar-refractivity contribution < 1.29 is 101 Å². The Balaban J connectivity index is 0.000000316. The molecule has 0 unspecified atom stereocenters. The predicted molar refractivity (Wildman–Crippen MR) is 358 cm³/mol. The van der Waals surface area contributed by atoms with E-state index in [0.29, 0.717) is 42.9 Å². The molecule has 8 aromatic rings. The Morgan fingerprint density at radius 2 is 1.04 bits per heavy atom. The molecule has 0 bridgehead atoms. The molecule has 95 heavy (non-hydrogen) atoms. The Morgan fingerprint density at radius 1 is 0.547 bits per heavy atom. The van der Waals surface area contributed by atoms with Crippen LogP contribution in [0.15, 0.2) is 159 Å². The highest BCUT2D eigenvalue weighted by Gasteiger charge is 2.33. The van der Waals surface area contributed by atoms with Crippen LogP contribution in [0.4, 0.5) is 35.1 Å². The number of hydrogen-bond donors (Lipinski definition) is 0. The van der Waals surface area contributed by atoms with E-state index in [0.717, 1.165) is 50.2 Å². The predicted octanol–water partition coefficient (Wildman–Crippen LogP) is 14.7. The largest absolute Gasteiger partial charge is 0.416 e. The maximum atomic E-state index is 15.5. The van der Waals surface area contributed by atoms with E-state index in [1.54, 1.807) is 0 Å². The molecule has 0 aliphatic heterocycles. The summed E-state index contributed by atoms with van der Waals surface area (Å²) in [5.74, 6) is -7.04. The van der Waals surface area contributed by atoms with Gasteiger partial charge in [-0.25, -0.2) is 8.78 Å². The van der Waals surface area contributed by atoms with Crippen molar-refractivity contribution in [2.45, 2.75) is 133 Å². The summed E-state index contributed by atoms with van der Waals surface area (Å²) in [5.41, 5.74) is -20.8. The average molecular weight is 1390 g/mol. The van der Waals surface area contributed by atoms with Gasteiger partial charge in [0.2, 0.25) is 11.8 Å². The van der Waals surface area contributed by atoms with E-state index in [2.05, 4.69) is 9.97 Å². The van der Waals surface area contributed by atoms with Crippen LogP contribution in [0.5, 0.6) is 0 Å². The number of likely N-dealkylation sites (N-methyl/N-ethyl adjacent to an activating group) is 2. The molecule has 22 heteroatoms. The van der Waals surface area contributed by atoms with Crippen LogP contribution in [0, 0.1) is 18.6 Å². The minimum atomic E-state index is -5.34. The van der Waals surface area contributed by atoms with E-state index >= 15 is 4.79 Å². The van der Waals surface area contributed by atoms with Crippen molar-refractivity contribution >= 4 is 35.3 Å². The van der Waals surface area contributed by atoms with Crippen LogP contribution in [0.25, 0.3) is 22.3 Å². The lowest BCUT2D eigenvalue weighted by molar-refractivity contribution is -0.138. The minimum Gasteiger partial charge on any atom is -0.336 e. The van der Waals surface area contributed by atoms with Crippen molar-refractivity contribution in [1.29, 1.82) is 0 Å². The fourth-order valence-corrected chi connectivity index (χ4v) is 9.96. The Bertz CT molecular complexity index is 6080. The molecule has 0 spiro atoms. The zero-order chi connectivity index (χ0) is 104. The lowest BCUT2D eigenvalue weighted by atomic mass is 9.98. The lowest BCUT2D eigenvalue weighted by Crippen LogP contribution is -2.40. The molecule has 2 aliphatic rings. The van der Waals surface area contributed by atoms with Crippen molar-refractivity contribution in [3.05, 3.63) is 233 Å². The molecule has 2 heterocycles. The molecule has 0 fully saturated rings. The summed E-state index contributed by atoms with van der Waals surface area (Å²) < 4.78 is 466. The second kappa shape index (κ2) is 32.7. The molecule has 0 radical (unpaired) electrons. The molecule has 2 amide bonds. The molecule has 12 nitrogen and oxygen atoms in total. The first-order valence-corrected chi connectivity index (χ1v) is 29.3. The van der Waals surface area contributed by atoms with Crippen LogP contribution < -0.4 is 11.1 Å². The summed E-state index contributed by atoms with van der Waals surface area (Å²) in [7, 11) is 0. The molecule has 10 rings (SSSR count). The summed E-state index contributed by atoms with van der Waals surface area (Å²) in [6.07, 6.45) is -21.6. The SMILES string of the molecule is [2H]C([2H])(Sc1nc(=O)c2c(n1C([2H])([2H])C(=O)N(Cc1ccc(-c3ccc(C(F)(F)F)cc3)cc1)C([2H])([2H])C([2H])([2H])N(C([2H])([2H])C)C([2H])([2H])C)CCC2)c1ccc(F)cc1.[2H]c1c([2H])c(C([2H])([2H])Sc2nc(=O)c3c(n2C([2H])([2H])C(=O)N(Cc2c([2H])c([2H])c(-c4c([2H])c([2H])c(C(F)(F)F)c(C)c4[2H])c([2H])c2[2H])C([2H])([2H])C([2H])([2H])N(C([2H])([2H])C)C([2H])([2H])C)C([2H])([2H])C([2H])([2H])C3([2H])[2H])c([2H])c([2H])c1F. The van der Waals surface area contributed by atoms with Gasteiger partial charge in [0.1, 0.15) is 24.6 Å². The first-order chi connectivity index (χ1) is 61.1. The van der Waals surface area contributed by atoms with Gasteiger partial charge in [0.15, 0.2) is 10.3 Å². The zero-order valence-electron chi connectivity index (χ0n) is 91.0. The first kappa shape index (κ1) is 34.8. The summed E-state index contributed by atoms with van der Waals surface area (Å²) >= 11 is -0.487. The standard InChI is InChI=1S/C37H40F4N4O2S.C36H38F4N4O2S/c1-4-43(5-2)19-20-44(22-26-9-13-28(14-10-26)29-15-18-32(25(3)21-29)37(39,40)41)34(46)23-45-33-8-6-7-31(33)35(47)42-36(45)48-24-27-11-16-30(38)17-12-27;1-3-42(4-2)20-21-43(22-25-8-12-27(13-9-25)28-14-16-29(17-15-28)36(38,39)40)33(45)23-44-32-7-5-6-31(32)34(46)41-35(44)47-24-26-10-18-30(37)19-11-26/h9-18,21H,4-8,19-20,22-24H2,1-3H3;8-19H,3-7,20-24H2,1-2H3/i4D2,5D2,6D2,7D2,8D2,9D,10D,11D,12D,13D,14D,15D,16D,17D,18D,19D2,20D2,21D,23D2,24D2;3D2,4D2,20D2,21D2,23D2,24D2. The number of hydrogen-bond acceptors (Lipinski definition) is 10. The fraction of sp³-hybridized carbons (Fsp3) is 0.370. The number of thioether (sulfide) groups is 2. The molecule has 0 saturated heterocycles. The number of rotatable bonds is 26. The number of aromatic nitrogens is 4. The fourth-order valence-electron chi connectivity index (χ4n) is 8.58. The highest BCUT2D eigenvalue weighted by Crippen LogP contribution is 2.36. The van der Waals surface area contributed by atoms with Gasteiger partial charge in [-0.2, -0.15) is 36.3 Å². The molecule has 6 aromatic carbocycles. The highest BCUT2D eigenvalue weighted by atomic mass is 32.2. The maximum Gasteiger partial charge on any atom is 0.416 e. The smallest absolute Gasteiger partial charge is 0.336 e. The molecule has 502 valence electrons. The lowest BCUT2D eigenvalue weighted by Gasteiger charge is -2.28. The van der Waals surface area contributed by atoms with Crippen LogP contribution in [0.3, 0.4) is 0 Å². The summed E-state index contributed by atoms with van der Waals surface area (Å²) in [6, 6.07) is -2.22. The van der Waals surface area contributed by atoms with Crippen molar-refractivity contribution in [1.82, 2.24) is 38.7 Å². The van der Waals surface area contributed by atoms with Gasteiger partial charge in [0.25, 0.3) is 11.1 Å². The van der Waals surface area contributed by atoms with Crippen LogP contribution in [0.2, 0.25) is 0 Å². The number of amides is 2. The van der Waals surface area contributed by atoms with Crippen LogP contribution >= 0.6 is 23.5 Å². The normalized spacial score (nSPS) is 22.5. The number of halogens is 8. The second-order valence-electron chi connectivity index (χ2n) is 19.4. The number of carbonyl (C=O) groups is 2. The summed E-state index contributed by atoms with van der Waals surface area (Å²) in [4.78, 5) is 63.6. The van der Waals surface area contributed by atoms with Gasteiger partial charge in [-0.15, -0.1) is 0 Å². The summed E-state index contributed by atoms with van der Waals surface area (Å²) in [5, 5.41) is -2.38. The Morgan fingerprint density at radius 3 is 1.59 bits per heavy atom. The average Bonchev–Trinajstić information content (AvgIpc) is 1.51. The van der Waals surface area contributed by atoms with E-state index in [1.807, 2.05) is 0 Å². The first-order valence-electron chi connectivity index (χ1n) is 48.1. The Labute approximate surface area is 615 Å². The molecule has 0 saturated carbocycles. The minimum absolute atomic E-state index is 0.00152. The van der Waals surface area contributed by atoms with Crippen molar-refractivity contribution in [2.75, 3.05) is 52.0 Å². The third-order valence-electron chi connectivity index (χ3n) is 13.2. The van der Waals surface area contributed by atoms with Crippen molar-refractivity contribution in [3.63, 3.8) is 0 Å². The molecule has 0 atom stereocenters. The maximum absolute atomic E-state index is 15.5. The monoisotopic (exact) mass is 1390 g/mol. The van der Waals surface area contributed by atoms with Gasteiger partial charge in [0.05, 0.1) is 37.2 Å². The van der Waals surface area contributed by atoms with Crippen molar-refractivity contribution in [2.24, 2.45) is 0 Å². The Hall–Kier alpha value is -7.92. The topological polar surface area (TPSA) is 117 Å². The third-order valence-corrected chi connectivity index (χ3v) is 14.8.